The normalized spacial score (nSPS) is 11.4. The molecule has 2 rings (SSSR count). The molecule has 0 aliphatic carbocycles. The molecule has 2 aromatic rings. The van der Waals surface area contributed by atoms with Crippen LogP contribution in [-0.2, 0) is 6.42 Å². The predicted octanol–water partition coefficient (Wildman–Crippen LogP) is 3.78. The first kappa shape index (κ1) is 14.5. The van der Waals surface area contributed by atoms with E-state index < -0.39 is 6.36 Å². The molecule has 7 heteroatoms. The smallest absolute Gasteiger partial charge is 0.406 e. The van der Waals surface area contributed by atoms with E-state index in [-0.39, 0.29) is 18.0 Å². The molecule has 1 aromatic heterocycles. The van der Waals surface area contributed by atoms with Gasteiger partial charge in [0.2, 0.25) is 0 Å². The summed E-state index contributed by atoms with van der Waals surface area (Å²) < 4.78 is 39.7. The molecule has 1 heterocycles. The summed E-state index contributed by atoms with van der Waals surface area (Å²) in [6.45, 7) is 1.80. The maximum Gasteiger partial charge on any atom is 0.573 e. The number of nitrogens with zero attached hydrogens (tertiary/aromatic N) is 1. The van der Waals surface area contributed by atoms with Gasteiger partial charge in [-0.15, -0.1) is 24.5 Å². The van der Waals surface area contributed by atoms with E-state index in [1.807, 2.05) is 0 Å². The number of Topliss-reactive ketones (excluding diaryl/α,β-unsaturated/α-hetero) is 1. The first-order valence-electron chi connectivity index (χ1n) is 5.63. The molecule has 0 saturated heterocycles. The monoisotopic (exact) mass is 301 g/mol. The molecule has 0 unspecified atom stereocenters. The molecule has 0 aliphatic heterocycles. The minimum atomic E-state index is -4.71. The maximum atomic E-state index is 12.0. The van der Waals surface area contributed by atoms with Gasteiger partial charge in [0, 0.05) is 11.8 Å². The molecule has 0 saturated carbocycles. The molecule has 0 amide bonds. The van der Waals surface area contributed by atoms with E-state index in [0.717, 1.165) is 5.01 Å². The minimum absolute atomic E-state index is 0.0927. The van der Waals surface area contributed by atoms with E-state index in [1.165, 1.54) is 35.6 Å². The Hall–Kier alpha value is -1.89. The second-order valence-corrected chi connectivity index (χ2v) is 5.11. The average molecular weight is 301 g/mol. The van der Waals surface area contributed by atoms with Crippen molar-refractivity contribution in [3.63, 3.8) is 0 Å². The van der Waals surface area contributed by atoms with Gasteiger partial charge in [-0.1, -0.05) is 12.1 Å². The number of aromatic nitrogens is 1. The number of hydrogen-bond donors (Lipinski definition) is 0. The summed E-state index contributed by atoms with van der Waals surface area (Å²) in [5, 5.41) is 2.46. The lowest BCUT2D eigenvalue weighted by molar-refractivity contribution is -0.274. The summed E-state index contributed by atoms with van der Waals surface area (Å²) in [5.41, 5.74) is 0.985. The Balaban J connectivity index is 2.02. The van der Waals surface area contributed by atoms with Gasteiger partial charge in [-0.3, -0.25) is 4.79 Å². The summed E-state index contributed by atoms with van der Waals surface area (Å²) in [5.74, 6) is -0.475. The van der Waals surface area contributed by atoms with Gasteiger partial charge >= 0.3 is 6.36 Å². The van der Waals surface area contributed by atoms with Crippen molar-refractivity contribution < 1.29 is 22.7 Å². The van der Waals surface area contributed by atoms with Gasteiger partial charge in [-0.05, 0) is 24.6 Å². The number of aryl methyl sites for hydroxylation is 1. The van der Waals surface area contributed by atoms with Gasteiger partial charge in [0.25, 0.3) is 0 Å². The van der Waals surface area contributed by atoms with Crippen molar-refractivity contribution in [3.8, 4) is 5.75 Å². The number of thiazole rings is 1. The molecular formula is C13H10F3NO2S. The van der Waals surface area contributed by atoms with Crippen LogP contribution < -0.4 is 4.74 Å². The van der Waals surface area contributed by atoms with Crippen LogP contribution in [0.1, 0.15) is 21.1 Å². The van der Waals surface area contributed by atoms with Gasteiger partial charge in [-0.25, -0.2) is 4.98 Å². The van der Waals surface area contributed by atoms with Crippen LogP contribution in [0.5, 0.6) is 5.75 Å². The second-order valence-electron chi connectivity index (χ2n) is 4.04. The van der Waals surface area contributed by atoms with Crippen LogP contribution in [0.3, 0.4) is 0 Å². The van der Waals surface area contributed by atoms with Crippen LogP contribution in [0.15, 0.2) is 29.6 Å². The fraction of sp³-hybridized carbons (Fsp3) is 0.231. The predicted molar refractivity (Wildman–Crippen MR) is 68.0 cm³/mol. The van der Waals surface area contributed by atoms with E-state index in [9.17, 15) is 18.0 Å². The van der Waals surface area contributed by atoms with Crippen LogP contribution in [-0.4, -0.2) is 17.1 Å². The zero-order valence-electron chi connectivity index (χ0n) is 10.4. The molecule has 0 bridgehead atoms. The summed E-state index contributed by atoms with van der Waals surface area (Å²) in [4.78, 5) is 15.9. The van der Waals surface area contributed by atoms with Crippen LogP contribution >= 0.6 is 11.3 Å². The fourth-order valence-corrected chi connectivity index (χ4v) is 2.19. The number of halogens is 3. The third-order valence-corrected chi connectivity index (χ3v) is 3.20. The van der Waals surface area contributed by atoms with Crippen LogP contribution in [0.25, 0.3) is 0 Å². The van der Waals surface area contributed by atoms with Crippen LogP contribution in [0.2, 0.25) is 0 Å². The topological polar surface area (TPSA) is 39.2 Å². The number of alkyl halides is 3. The molecule has 0 atom stereocenters. The van der Waals surface area contributed by atoms with Crippen molar-refractivity contribution in [2.75, 3.05) is 0 Å². The molecule has 1 aromatic carbocycles. The zero-order valence-corrected chi connectivity index (χ0v) is 11.2. The molecular weight excluding hydrogens is 291 g/mol. The lowest BCUT2D eigenvalue weighted by Gasteiger charge is -2.08. The van der Waals surface area contributed by atoms with Crippen molar-refractivity contribution in [3.05, 3.63) is 45.9 Å². The van der Waals surface area contributed by atoms with Crippen LogP contribution in [0, 0.1) is 6.92 Å². The quantitative estimate of drug-likeness (QED) is 0.807. The first-order valence-corrected chi connectivity index (χ1v) is 6.51. The molecule has 0 radical (unpaired) electrons. The SMILES string of the molecule is Cc1nc(C(=O)Cc2ccc(OC(F)(F)F)cc2)cs1. The van der Waals surface area contributed by atoms with Gasteiger partial charge < -0.3 is 4.74 Å². The highest BCUT2D eigenvalue weighted by atomic mass is 32.1. The Morgan fingerprint density at radius 2 is 1.95 bits per heavy atom. The molecule has 3 nitrogen and oxygen atoms in total. The van der Waals surface area contributed by atoms with Crippen molar-refractivity contribution in [1.29, 1.82) is 0 Å². The summed E-state index contributed by atoms with van der Waals surface area (Å²) in [6, 6.07) is 5.22. The fourth-order valence-electron chi connectivity index (χ4n) is 1.58. The largest absolute Gasteiger partial charge is 0.573 e. The summed E-state index contributed by atoms with van der Waals surface area (Å²) in [6.07, 6.45) is -4.62. The summed E-state index contributed by atoms with van der Waals surface area (Å²) in [7, 11) is 0. The number of hydrogen-bond acceptors (Lipinski definition) is 4. The van der Waals surface area contributed by atoms with Gasteiger partial charge in [0.15, 0.2) is 5.78 Å². The van der Waals surface area contributed by atoms with Gasteiger partial charge in [0.1, 0.15) is 11.4 Å². The number of ketones is 1. The molecule has 20 heavy (non-hydrogen) atoms. The van der Waals surface area contributed by atoms with E-state index >= 15 is 0 Å². The summed E-state index contributed by atoms with van der Waals surface area (Å²) >= 11 is 1.38. The molecule has 106 valence electrons. The Morgan fingerprint density at radius 1 is 1.30 bits per heavy atom. The number of ether oxygens (including phenoxy) is 1. The Labute approximate surface area is 117 Å². The standard InChI is InChI=1S/C13H10F3NO2S/c1-8-17-11(7-20-8)12(18)6-9-2-4-10(5-3-9)19-13(14,15)16/h2-5,7H,6H2,1H3. The highest BCUT2D eigenvalue weighted by Crippen LogP contribution is 2.23. The van der Waals surface area contributed by atoms with Crippen molar-refractivity contribution in [2.24, 2.45) is 0 Å². The van der Waals surface area contributed by atoms with Gasteiger partial charge in [-0.2, -0.15) is 0 Å². The maximum absolute atomic E-state index is 12.0. The minimum Gasteiger partial charge on any atom is -0.406 e. The van der Waals surface area contributed by atoms with E-state index in [2.05, 4.69) is 9.72 Å². The van der Waals surface area contributed by atoms with E-state index in [4.69, 9.17) is 0 Å². The second kappa shape index (κ2) is 5.62. The zero-order chi connectivity index (χ0) is 14.8. The third kappa shape index (κ3) is 4.06. The van der Waals surface area contributed by atoms with Crippen LogP contribution in [0.4, 0.5) is 13.2 Å². The lowest BCUT2D eigenvalue weighted by atomic mass is 10.1. The van der Waals surface area contributed by atoms with Crippen molar-refractivity contribution in [2.45, 2.75) is 19.7 Å². The number of rotatable bonds is 4. The molecule has 0 aliphatic rings. The number of carbonyl (C=O) groups is 1. The third-order valence-electron chi connectivity index (χ3n) is 2.43. The highest BCUT2D eigenvalue weighted by Gasteiger charge is 2.30. The van der Waals surface area contributed by atoms with Crippen molar-refractivity contribution >= 4 is 17.1 Å². The average Bonchev–Trinajstić information content (AvgIpc) is 2.77. The Kier molecular flexibility index (Phi) is 4.08. The van der Waals surface area contributed by atoms with Gasteiger partial charge in [0.05, 0.1) is 5.01 Å². The Bertz CT molecular complexity index is 605. The van der Waals surface area contributed by atoms with E-state index in [1.54, 1.807) is 12.3 Å². The lowest BCUT2D eigenvalue weighted by Crippen LogP contribution is -2.17. The molecule has 0 N–H and O–H groups in total. The number of benzene rings is 1. The van der Waals surface area contributed by atoms with Crippen molar-refractivity contribution in [1.82, 2.24) is 4.98 Å². The van der Waals surface area contributed by atoms with E-state index in [0.29, 0.717) is 11.3 Å². The first-order chi connectivity index (χ1) is 9.33. The number of carbonyl (C=O) groups excluding carboxylic acids is 1. The molecule has 0 fully saturated rings. The highest BCUT2D eigenvalue weighted by molar-refractivity contribution is 7.09. The molecule has 0 spiro atoms. The Morgan fingerprint density at radius 3 is 2.45 bits per heavy atom.